The first-order valence-corrected chi connectivity index (χ1v) is 5.84. The second kappa shape index (κ2) is 4.00. The summed E-state index contributed by atoms with van der Waals surface area (Å²) in [5.41, 5.74) is 8.80. The van der Waals surface area contributed by atoms with Gasteiger partial charge in [-0.15, -0.1) is 22.7 Å². The normalized spacial score (nSPS) is 13.0. The summed E-state index contributed by atoms with van der Waals surface area (Å²) in [6, 6.07) is 4.20. The zero-order valence-electron chi connectivity index (χ0n) is 7.01. The molecular weight excluding hydrogens is 200 g/mol. The van der Waals surface area contributed by atoms with Gasteiger partial charge in [0, 0.05) is 16.7 Å². The Bertz CT molecular complexity index is 340. The number of nitrogens with two attached hydrogens (primary N) is 1. The molecule has 2 heterocycles. The standard InChI is InChI=1S/C9H10N2S2/c10-8(9-5-12-6-11-9)4-7-2-1-3-13-7/h1-3,5-6,8H,4,10H2. The van der Waals surface area contributed by atoms with Crippen LogP contribution in [0.4, 0.5) is 0 Å². The van der Waals surface area contributed by atoms with E-state index in [4.69, 9.17) is 5.73 Å². The average Bonchev–Trinajstić information content (AvgIpc) is 2.74. The van der Waals surface area contributed by atoms with Gasteiger partial charge in [-0.05, 0) is 11.4 Å². The van der Waals surface area contributed by atoms with E-state index in [-0.39, 0.29) is 6.04 Å². The molecule has 2 rings (SSSR count). The Balaban J connectivity index is 2.04. The van der Waals surface area contributed by atoms with Gasteiger partial charge in [0.2, 0.25) is 0 Å². The van der Waals surface area contributed by atoms with Crippen LogP contribution in [-0.2, 0) is 6.42 Å². The fraction of sp³-hybridized carbons (Fsp3) is 0.222. The van der Waals surface area contributed by atoms with Crippen LogP contribution in [0.5, 0.6) is 0 Å². The molecule has 68 valence electrons. The zero-order chi connectivity index (χ0) is 9.10. The second-order valence-electron chi connectivity index (χ2n) is 2.80. The van der Waals surface area contributed by atoms with Crippen molar-refractivity contribution < 1.29 is 0 Å². The first-order chi connectivity index (χ1) is 6.36. The SMILES string of the molecule is NC(Cc1cccs1)c1cscn1. The molecule has 0 aliphatic rings. The molecule has 0 fully saturated rings. The highest BCUT2D eigenvalue weighted by Crippen LogP contribution is 2.18. The van der Waals surface area contributed by atoms with Crippen LogP contribution in [0.3, 0.4) is 0 Å². The van der Waals surface area contributed by atoms with E-state index in [0.717, 1.165) is 12.1 Å². The largest absolute Gasteiger partial charge is 0.322 e. The Hall–Kier alpha value is -0.710. The maximum absolute atomic E-state index is 5.98. The lowest BCUT2D eigenvalue weighted by molar-refractivity contribution is 0.709. The summed E-state index contributed by atoms with van der Waals surface area (Å²) in [7, 11) is 0. The number of aromatic nitrogens is 1. The third-order valence-electron chi connectivity index (χ3n) is 1.83. The van der Waals surface area contributed by atoms with Gasteiger partial charge in [-0.2, -0.15) is 0 Å². The van der Waals surface area contributed by atoms with Crippen molar-refractivity contribution in [1.29, 1.82) is 0 Å². The molecule has 0 aliphatic heterocycles. The highest BCUT2D eigenvalue weighted by molar-refractivity contribution is 7.09. The summed E-state index contributed by atoms with van der Waals surface area (Å²) in [6.07, 6.45) is 0.890. The van der Waals surface area contributed by atoms with Gasteiger partial charge in [0.25, 0.3) is 0 Å². The summed E-state index contributed by atoms with van der Waals surface area (Å²) in [4.78, 5) is 5.51. The fourth-order valence-electron chi connectivity index (χ4n) is 1.16. The van der Waals surface area contributed by atoms with Crippen LogP contribution in [-0.4, -0.2) is 4.98 Å². The van der Waals surface area contributed by atoms with E-state index in [1.807, 2.05) is 17.0 Å². The van der Waals surface area contributed by atoms with E-state index < -0.39 is 0 Å². The van der Waals surface area contributed by atoms with Gasteiger partial charge in [-0.1, -0.05) is 6.07 Å². The number of nitrogens with zero attached hydrogens (tertiary/aromatic N) is 1. The Morgan fingerprint density at radius 1 is 1.54 bits per heavy atom. The molecular formula is C9H10N2S2. The van der Waals surface area contributed by atoms with Gasteiger partial charge in [0.15, 0.2) is 0 Å². The number of thiophene rings is 1. The summed E-state index contributed by atoms with van der Waals surface area (Å²) in [5.74, 6) is 0. The lowest BCUT2D eigenvalue weighted by Gasteiger charge is -2.05. The molecule has 0 saturated heterocycles. The number of hydrogen-bond acceptors (Lipinski definition) is 4. The highest BCUT2D eigenvalue weighted by atomic mass is 32.1. The molecule has 2 nitrogen and oxygen atoms in total. The van der Waals surface area contributed by atoms with Crippen LogP contribution in [0, 0.1) is 0 Å². The molecule has 1 atom stereocenters. The average molecular weight is 210 g/mol. The second-order valence-corrected chi connectivity index (χ2v) is 4.55. The van der Waals surface area contributed by atoms with Crippen LogP contribution in [0.2, 0.25) is 0 Å². The van der Waals surface area contributed by atoms with Crippen molar-refractivity contribution in [3.05, 3.63) is 39.0 Å². The van der Waals surface area contributed by atoms with E-state index in [1.54, 1.807) is 22.7 Å². The third kappa shape index (κ3) is 2.15. The van der Waals surface area contributed by atoms with Gasteiger partial charge in [-0.3, -0.25) is 0 Å². The lowest BCUT2D eigenvalue weighted by Crippen LogP contribution is -2.12. The van der Waals surface area contributed by atoms with Crippen LogP contribution in [0.1, 0.15) is 16.6 Å². The Labute approximate surface area is 85.1 Å². The van der Waals surface area contributed by atoms with Crippen LogP contribution >= 0.6 is 22.7 Å². The van der Waals surface area contributed by atoms with Crippen molar-refractivity contribution in [2.45, 2.75) is 12.5 Å². The Kier molecular flexibility index (Phi) is 2.73. The molecule has 2 aromatic heterocycles. The molecule has 2 N–H and O–H groups in total. The van der Waals surface area contributed by atoms with Crippen LogP contribution in [0.15, 0.2) is 28.4 Å². The molecule has 0 aromatic carbocycles. The minimum Gasteiger partial charge on any atom is -0.322 e. The summed E-state index contributed by atoms with van der Waals surface area (Å²) in [6.45, 7) is 0. The predicted molar refractivity (Wildman–Crippen MR) is 57.1 cm³/mol. The van der Waals surface area contributed by atoms with Crippen molar-refractivity contribution in [3.8, 4) is 0 Å². The predicted octanol–water partition coefficient (Wildman–Crippen LogP) is 2.45. The molecule has 0 bridgehead atoms. The summed E-state index contributed by atoms with van der Waals surface area (Å²) < 4.78 is 0. The van der Waals surface area contributed by atoms with Crippen molar-refractivity contribution in [2.24, 2.45) is 5.73 Å². The van der Waals surface area contributed by atoms with Gasteiger partial charge in [0.05, 0.1) is 17.2 Å². The molecule has 0 saturated carbocycles. The summed E-state index contributed by atoms with van der Waals surface area (Å²) >= 11 is 3.34. The molecule has 4 heteroatoms. The van der Waals surface area contributed by atoms with E-state index in [2.05, 4.69) is 16.4 Å². The quantitative estimate of drug-likeness (QED) is 0.845. The van der Waals surface area contributed by atoms with E-state index in [9.17, 15) is 0 Å². The smallest absolute Gasteiger partial charge is 0.0795 e. The van der Waals surface area contributed by atoms with E-state index in [1.165, 1.54) is 4.88 Å². The van der Waals surface area contributed by atoms with Crippen LogP contribution in [0.25, 0.3) is 0 Å². The topological polar surface area (TPSA) is 38.9 Å². The lowest BCUT2D eigenvalue weighted by atomic mass is 10.1. The van der Waals surface area contributed by atoms with Crippen molar-refractivity contribution in [3.63, 3.8) is 0 Å². The highest BCUT2D eigenvalue weighted by Gasteiger charge is 2.08. The molecule has 1 unspecified atom stereocenters. The number of rotatable bonds is 3. The van der Waals surface area contributed by atoms with E-state index >= 15 is 0 Å². The maximum Gasteiger partial charge on any atom is 0.0795 e. The number of thiazole rings is 1. The van der Waals surface area contributed by atoms with Gasteiger partial charge >= 0.3 is 0 Å². The van der Waals surface area contributed by atoms with Gasteiger partial charge in [0.1, 0.15) is 0 Å². The monoisotopic (exact) mass is 210 g/mol. The Morgan fingerprint density at radius 2 is 2.46 bits per heavy atom. The maximum atomic E-state index is 5.98. The summed E-state index contributed by atoms with van der Waals surface area (Å²) in [5, 5.41) is 4.08. The first kappa shape index (κ1) is 8.87. The fourth-order valence-corrected chi connectivity index (χ4v) is 2.54. The van der Waals surface area contributed by atoms with Crippen molar-refractivity contribution in [2.75, 3.05) is 0 Å². The molecule has 2 aromatic rings. The molecule has 0 spiro atoms. The zero-order valence-corrected chi connectivity index (χ0v) is 8.65. The number of hydrogen-bond donors (Lipinski definition) is 1. The van der Waals surface area contributed by atoms with Gasteiger partial charge < -0.3 is 5.73 Å². The minimum absolute atomic E-state index is 0.0462. The molecule has 0 aliphatic carbocycles. The van der Waals surface area contributed by atoms with Crippen molar-refractivity contribution in [1.82, 2.24) is 4.98 Å². The van der Waals surface area contributed by atoms with Gasteiger partial charge in [-0.25, -0.2) is 4.98 Å². The van der Waals surface area contributed by atoms with Crippen molar-refractivity contribution >= 4 is 22.7 Å². The third-order valence-corrected chi connectivity index (χ3v) is 3.34. The Morgan fingerprint density at radius 3 is 3.08 bits per heavy atom. The van der Waals surface area contributed by atoms with Crippen LogP contribution < -0.4 is 5.73 Å². The minimum atomic E-state index is 0.0462. The van der Waals surface area contributed by atoms with E-state index in [0.29, 0.717) is 0 Å². The molecule has 13 heavy (non-hydrogen) atoms. The first-order valence-electron chi connectivity index (χ1n) is 4.02. The molecule has 0 amide bonds. The molecule has 0 radical (unpaired) electrons.